The van der Waals surface area contributed by atoms with Crippen LogP contribution in [0.2, 0.25) is 0 Å². The highest BCUT2D eigenvalue weighted by atomic mass is 19.4. The number of nitrogens with two attached hydrogens (primary N) is 1. The highest BCUT2D eigenvalue weighted by Crippen LogP contribution is 2.37. The van der Waals surface area contributed by atoms with E-state index >= 15 is 0 Å². The largest absolute Gasteiger partial charge is 0.469 e. The normalized spacial score (nSPS) is 17.2. The lowest BCUT2D eigenvalue weighted by Gasteiger charge is -2.15. The van der Waals surface area contributed by atoms with Crippen molar-refractivity contribution in [3.8, 4) is 11.1 Å². The van der Waals surface area contributed by atoms with Gasteiger partial charge in [0.15, 0.2) is 0 Å². The van der Waals surface area contributed by atoms with E-state index in [2.05, 4.69) is 5.32 Å². The summed E-state index contributed by atoms with van der Waals surface area (Å²) in [7, 11) is 1.32. The maximum absolute atomic E-state index is 13.2. The number of carbonyl (C=O) groups excluding carboxylic acids is 2. The second-order valence-electron chi connectivity index (χ2n) is 8.30. The van der Waals surface area contributed by atoms with E-state index in [0.29, 0.717) is 28.8 Å². The molecule has 0 spiro atoms. The first-order chi connectivity index (χ1) is 16.1. The summed E-state index contributed by atoms with van der Waals surface area (Å²) in [6, 6.07) is 14.7. The molecule has 5 nitrogen and oxygen atoms in total. The second-order valence-corrected chi connectivity index (χ2v) is 8.30. The SMILES string of the molecule is COC(=O)C1Cc2cc(NC(=O)c3cccc(C)c3-c3ccc(C(F)(F)F)cc3)ccc2[C@H]1N. The fourth-order valence-corrected chi connectivity index (χ4v) is 4.41. The summed E-state index contributed by atoms with van der Waals surface area (Å²) < 4.78 is 43.7. The van der Waals surface area contributed by atoms with E-state index in [1.165, 1.54) is 19.2 Å². The van der Waals surface area contributed by atoms with E-state index in [9.17, 15) is 22.8 Å². The number of aryl methyl sites for hydroxylation is 1. The summed E-state index contributed by atoms with van der Waals surface area (Å²) in [5.41, 5.74) is 9.81. The molecule has 1 unspecified atom stereocenters. The van der Waals surface area contributed by atoms with Crippen molar-refractivity contribution in [2.75, 3.05) is 12.4 Å². The molecule has 0 fully saturated rings. The number of carbonyl (C=O) groups is 2. The number of benzene rings is 3. The summed E-state index contributed by atoms with van der Waals surface area (Å²) in [6.07, 6.45) is -4.03. The zero-order valence-electron chi connectivity index (χ0n) is 18.6. The van der Waals surface area contributed by atoms with E-state index in [0.717, 1.165) is 28.8 Å². The Balaban J connectivity index is 1.61. The molecule has 3 aromatic rings. The number of nitrogens with one attached hydrogen (secondary N) is 1. The van der Waals surface area contributed by atoms with E-state index in [1.807, 2.05) is 0 Å². The molecule has 0 radical (unpaired) electrons. The fourth-order valence-electron chi connectivity index (χ4n) is 4.41. The Bertz CT molecular complexity index is 1250. The minimum absolute atomic E-state index is 0.337. The Kier molecular flexibility index (Phi) is 6.18. The smallest absolute Gasteiger partial charge is 0.416 e. The molecule has 0 heterocycles. The lowest BCUT2D eigenvalue weighted by molar-refractivity contribution is -0.145. The minimum Gasteiger partial charge on any atom is -0.469 e. The quantitative estimate of drug-likeness (QED) is 0.511. The van der Waals surface area contributed by atoms with Gasteiger partial charge in [0.05, 0.1) is 18.6 Å². The monoisotopic (exact) mass is 468 g/mol. The van der Waals surface area contributed by atoms with Crippen LogP contribution in [0.5, 0.6) is 0 Å². The number of hydrogen-bond acceptors (Lipinski definition) is 4. The predicted molar refractivity (Wildman–Crippen MR) is 122 cm³/mol. The Morgan fingerprint density at radius 3 is 2.41 bits per heavy atom. The molecule has 0 aromatic heterocycles. The molecule has 1 amide bonds. The Morgan fingerprint density at radius 1 is 1.06 bits per heavy atom. The van der Waals surface area contributed by atoms with Crippen molar-refractivity contribution in [1.29, 1.82) is 0 Å². The number of ether oxygens (including phenoxy) is 1. The van der Waals surface area contributed by atoms with Gasteiger partial charge in [0.25, 0.3) is 5.91 Å². The molecule has 1 aliphatic rings. The van der Waals surface area contributed by atoms with Gasteiger partial charge in [-0.05, 0) is 71.5 Å². The van der Waals surface area contributed by atoms with E-state index in [1.54, 1.807) is 43.3 Å². The maximum atomic E-state index is 13.2. The number of rotatable bonds is 4. The van der Waals surface area contributed by atoms with Crippen molar-refractivity contribution in [2.24, 2.45) is 11.7 Å². The molecule has 0 saturated heterocycles. The van der Waals surface area contributed by atoms with Gasteiger partial charge < -0.3 is 15.8 Å². The van der Waals surface area contributed by atoms with Crippen LogP contribution >= 0.6 is 0 Å². The van der Waals surface area contributed by atoms with Gasteiger partial charge in [-0.15, -0.1) is 0 Å². The summed E-state index contributed by atoms with van der Waals surface area (Å²) >= 11 is 0. The zero-order valence-corrected chi connectivity index (χ0v) is 18.6. The average molecular weight is 468 g/mol. The first-order valence-corrected chi connectivity index (χ1v) is 10.6. The molecule has 176 valence electrons. The molecule has 8 heteroatoms. The maximum Gasteiger partial charge on any atom is 0.416 e. The Labute approximate surface area is 194 Å². The van der Waals surface area contributed by atoms with Crippen LogP contribution in [0, 0.1) is 12.8 Å². The van der Waals surface area contributed by atoms with Crippen molar-refractivity contribution in [3.63, 3.8) is 0 Å². The number of methoxy groups -OCH3 is 1. The second kappa shape index (κ2) is 8.95. The van der Waals surface area contributed by atoms with E-state index in [-0.39, 0.29) is 5.97 Å². The van der Waals surface area contributed by atoms with Gasteiger partial charge in [0, 0.05) is 17.3 Å². The molecule has 34 heavy (non-hydrogen) atoms. The molecule has 4 rings (SSSR count). The predicted octanol–water partition coefficient (Wildman–Crippen LogP) is 5.28. The van der Waals surface area contributed by atoms with Gasteiger partial charge in [-0.25, -0.2) is 0 Å². The lowest BCUT2D eigenvalue weighted by atomic mass is 9.93. The Morgan fingerprint density at radius 2 is 1.76 bits per heavy atom. The molecular weight excluding hydrogens is 445 g/mol. The van der Waals surface area contributed by atoms with Crippen LogP contribution in [0.25, 0.3) is 11.1 Å². The molecule has 1 aliphatic carbocycles. The standard InChI is InChI=1S/C26H23F3N2O3/c1-14-4-3-5-20(22(14)15-6-8-17(9-7-15)26(27,28)29)24(32)31-18-10-11-19-16(12-18)13-21(23(19)30)25(33)34-2/h3-12,21,23H,13,30H2,1-2H3,(H,31,32)/t21?,23-/m1/s1. The van der Waals surface area contributed by atoms with Crippen molar-refractivity contribution in [3.05, 3.63) is 88.5 Å². The van der Waals surface area contributed by atoms with Crippen LogP contribution in [0.3, 0.4) is 0 Å². The highest BCUT2D eigenvalue weighted by molar-refractivity contribution is 6.09. The number of fused-ring (bicyclic) bond motifs is 1. The van der Waals surface area contributed by atoms with Crippen molar-refractivity contribution in [1.82, 2.24) is 0 Å². The third-order valence-electron chi connectivity index (χ3n) is 6.16. The molecule has 0 aliphatic heterocycles. The number of hydrogen-bond donors (Lipinski definition) is 2. The van der Waals surface area contributed by atoms with E-state index < -0.39 is 29.6 Å². The van der Waals surface area contributed by atoms with Crippen LogP contribution in [0.4, 0.5) is 18.9 Å². The van der Waals surface area contributed by atoms with Crippen molar-refractivity contribution >= 4 is 17.6 Å². The fraction of sp³-hybridized carbons (Fsp3) is 0.231. The first-order valence-electron chi connectivity index (χ1n) is 10.6. The summed E-state index contributed by atoms with van der Waals surface area (Å²) in [5, 5.41) is 2.86. The highest BCUT2D eigenvalue weighted by Gasteiger charge is 2.36. The number of amides is 1. The summed E-state index contributed by atoms with van der Waals surface area (Å²) in [4.78, 5) is 25.2. The van der Waals surface area contributed by atoms with Gasteiger partial charge in [0.1, 0.15) is 0 Å². The van der Waals surface area contributed by atoms with Crippen LogP contribution in [-0.4, -0.2) is 19.0 Å². The first kappa shape index (κ1) is 23.5. The van der Waals surface area contributed by atoms with Crippen molar-refractivity contribution < 1.29 is 27.5 Å². The van der Waals surface area contributed by atoms with Gasteiger partial charge in [-0.1, -0.05) is 30.3 Å². The van der Waals surface area contributed by atoms with Gasteiger partial charge in [0.2, 0.25) is 0 Å². The van der Waals surface area contributed by atoms with Gasteiger partial charge in [-0.3, -0.25) is 9.59 Å². The lowest BCUT2D eigenvalue weighted by Crippen LogP contribution is -2.25. The van der Waals surface area contributed by atoms with Gasteiger partial charge >= 0.3 is 12.1 Å². The molecule has 0 saturated carbocycles. The third kappa shape index (κ3) is 4.41. The Hall–Kier alpha value is -3.65. The van der Waals surface area contributed by atoms with Crippen LogP contribution in [-0.2, 0) is 22.1 Å². The van der Waals surface area contributed by atoms with Crippen molar-refractivity contribution in [2.45, 2.75) is 25.6 Å². The number of halogens is 3. The summed E-state index contributed by atoms with van der Waals surface area (Å²) in [5.74, 6) is -1.26. The molecule has 0 bridgehead atoms. The topological polar surface area (TPSA) is 81.4 Å². The molecular formula is C26H23F3N2O3. The molecule has 3 aromatic carbocycles. The number of esters is 1. The number of anilines is 1. The average Bonchev–Trinajstić information content (AvgIpc) is 3.13. The summed E-state index contributed by atoms with van der Waals surface area (Å²) in [6.45, 7) is 1.80. The van der Waals surface area contributed by atoms with Crippen LogP contribution < -0.4 is 11.1 Å². The number of alkyl halides is 3. The third-order valence-corrected chi connectivity index (χ3v) is 6.16. The van der Waals surface area contributed by atoms with Gasteiger partial charge in [-0.2, -0.15) is 13.2 Å². The minimum atomic E-state index is -4.44. The molecule has 2 atom stereocenters. The molecule has 3 N–H and O–H groups in total. The van der Waals surface area contributed by atoms with Crippen LogP contribution in [0.15, 0.2) is 60.7 Å². The zero-order chi connectivity index (χ0) is 24.6. The van der Waals surface area contributed by atoms with E-state index in [4.69, 9.17) is 10.5 Å². The van der Waals surface area contributed by atoms with Crippen LogP contribution in [0.1, 0.15) is 38.7 Å².